The highest BCUT2D eigenvalue weighted by Crippen LogP contribution is 2.32. The molecule has 1 atom stereocenters. The van der Waals surface area contributed by atoms with E-state index in [9.17, 15) is 4.79 Å². The number of carbonyl (C=O) groups is 1. The van der Waals surface area contributed by atoms with Crippen molar-refractivity contribution in [2.45, 2.75) is 25.5 Å². The molecule has 0 aliphatic carbocycles. The van der Waals surface area contributed by atoms with Crippen LogP contribution in [-0.4, -0.2) is 21.0 Å². The standard InChI is InChI=1S/C10H14N2O2S/c1-10(2,9(13)14)5-8(15)7-6-11-3-4-12-7/h3-4,6,8,15H,5H2,1-2H3,(H,13,14). The Morgan fingerprint density at radius 2 is 2.27 bits per heavy atom. The van der Waals surface area contributed by atoms with Gasteiger partial charge in [0.1, 0.15) is 0 Å². The van der Waals surface area contributed by atoms with Crippen LogP contribution in [0, 0.1) is 5.41 Å². The van der Waals surface area contributed by atoms with Crippen molar-refractivity contribution in [3.63, 3.8) is 0 Å². The van der Waals surface area contributed by atoms with Crippen LogP contribution >= 0.6 is 12.6 Å². The van der Waals surface area contributed by atoms with Crippen molar-refractivity contribution in [1.29, 1.82) is 0 Å². The first-order valence-electron chi connectivity index (χ1n) is 4.61. The van der Waals surface area contributed by atoms with Crippen LogP contribution in [0.4, 0.5) is 0 Å². The minimum absolute atomic E-state index is 0.204. The maximum absolute atomic E-state index is 10.9. The second-order valence-electron chi connectivity index (χ2n) is 4.04. The van der Waals surface area contributed by atoms with E-state index < -0.39 is 11.4 Å². The topological polar surface area (TPSA) is 63.1 Å². The van der Waals surface area contributed by atoms with E-state index >= 15 is 0 Å². The number of hydrogen-bond acceptors (Lipinski definition) is 4. The fourth-order valence-electron chi connectivity index (χ4n) is 1.16. The zero-order valence-corrected chi connectivity index (χ0v) is 9.61. The van der Waals surface area contributed by atoms with E-state index in [0.29, 0.717) is 12.1 Å². The first kappa shape index (κ1) is 12.0. The fraction of sp³-hybridized carbons (Fsp3) is 0.500. The highest BCUT2D eigenvalue weighted by molar-refractivity contribution is 7.80. The minimum Gasteiger partial charge on any atom is -0.481 e. The molecule has 0 aromatic carbocycles. The Balaban J connectivity index is 2.72. The third kappa shape index (κ3) is 3.20. The number of aliphatic carboxylic acids is 1. The van der Waals surface area contributed by atoms with Crippen molar-refractivity contribution >= 4 is 18.6 Å². The van der Waals surface area contributed by atoms with Gasteiger partial charge >= 0.3 is 5.97 Å². The van der Waals surface area contributed by atoms with Crippen LogP contribution in [0.15, 0.2) is 18.6 Å². The highest BCUT2D eigenvalue weighted by atomic mass is 32.1. The van der Waals surface area contributed by atoms with Gasteiger partial charge in [-0.2, -0.15) is 12.6 Å². The summed E-state index contributed by atoms with van der Waals surface area (Å²) in [7, 11) is 0. The Hall–Kier alpha value is -1.10. The average molecular weight is 226 g/mol. The Kier molecular flexibility index (Phi) is 3.68. The molecule has 0 saturated heterocycles. The first-order valence-corrected chi connectivity index (χ1v) is 5.12. The largest absolute Gasteiger partial charge is 0.481 e. The van der Waals surface area contributed by atoms with Crippen molar-refractivity contribution in [2.24, 2.45) is 5.41 Å². The number of thiol groups is 1. The zero-order chi connectivity index (χ0) is 11.5. The van der Waals surface area contributed by atoms with Crippen LogP contribution in [-0.2, 0) is 4.79 Å². The molecule has 1 aromatic heterocycles. The number of hydrogen-bond donors (Lipinski definition) is 2. The highest BCUT2D eigenvalue weighted by Gasteiger charge is 2.30. The van der Waals surface area contributed by atoms with Crippen molar-refractivity contribution in [3.8, 4) is 0 Å². The molecular weight excluding hydrogens is 212 g/mol. The van der Waals surface area contributed by atoms with Crippen molar-refractivity contribution in [2.75, 3.05) is 0 Å². The minimum atomic E-state index is -0.828. The molecular formula is C10H14N2O2S. The summed E-state index contributed by atoms with van der Waals surface area (Å²) >= 11 is 4.34. The van der Waals surface area contributed by atoms with Gasteiger partial charge in [0.15, 0.2) is 0 Å². The van der Waals surface area contributed by atoms with Gasteiger partial charge in [-0.3, -0.25) is 14.8 Å². The maximum atomic E-state index is 10.9. The molecule has 4 nitrogen and oxygen atoms in total. The monoisotopic (exact) mass is 226 g/mol. The molecule has 1 unspecified atom stereocenters. The molecule has 15 heavy (non-hydrogen) atoms. The lowest BCUT2D eigenvalue weighted by molar-refractivity contribution is -0.147. The Morgan fingerprint density at radius 1 is 1.60 bits per heavy atom. The smallest absolute Gasteiger partial charge is 0.309 e. The van der Waals surface area contributed by atoms with Crippen LogP contribution in [0.5, 0.6) is 0 Å². The third-order valence-electron chi connectivity index (χ3n) is 2.21. The fourth-order valence-corrected chi connectivity index (χ4v) is 1.75. The molecule has 0 aliphatic rings. The molecule has 1 N–H and O–H groups in total. The quantitative estimate of drug-likeness (QED) is 0.770. The molecule has 0 fully saturated rings. The molecule has 5 heteroatoms. The van der Waals surface area contributed by atoms with E-state index in [2.05, 4.69) is 22.6 Å². The van der Waals surface area contributed by atoms with Gasteiger partial charge in [-0.15, -0.1) is 0 Å². The summed E-state index contributed by atoms with van der Waals surface area (Å²) in [6, 6.07) is 0. The summed E-state index contributed by atoms with van der Waals surface area (Å²) in [6.45, 7) is 3.35. The van der Waals surface area contributed by atoms with Gasteiger partial charge in [0.2, 0.25) is 0 Å². The summed E-state index contributed by atoms with van der Waals surface area (Å²) in [5.41, 5.74) is -0.0978. The van der Waals surface area contributed by atoms with Gasteiger partial charge in [-0.25, -0.2) is 0 Å². The number of carboxylic acid groups (broad SMARTS) is 1. The van der Waals surface area contributed by atoms with E-state index in [1.807, 2.05) is 0 Å². The molecule has 1 heterocycles. The van der Waals surface area contributed by atoms with Gasteiger partial charge in [-0.05, 0) is 20.3 Å². The summed E-state index contributed by atoms with van der Waals surface area (Å²) in [5, 5.41) is 8.76. The van der Waals surface area contributed by atoms with Crippen LogP contribution in [0.1, 0.15) is 31.2 Å². The summed E-state index contributed by atoms with van der Waals surface area (Å²) in [5.74, 6) is -0.828. The number of aromatic nitrogens is 2. The first-order chi connectivity index (χ1) is 6.93. The van der Waals surface area contributed by atoms with Gasteiger partial charge in [0.25, 0.3) is 0 Å². The van der Waals surface area contributed by atoms with Crippen LogP contribution < -0.4 is 0 Å². The van der Waals surface area contributed by atoms with Crippen LogP contribution in [0.2, 0.25) is 0 Å². The van der Waals surface area contributed by atoms with Crippen LogP contribution in [0.25, 0.3) is 0 Å². The molecule has 82 valence electrons. The van der Waals surface area contributed by atoms with E-state index in [0.717, 1.165) is 0 Å². The lowest BCUT2D eigenvalue weighted by atomic mass is 9.87. The summed E-state index contributed by atoms with van der Waals surface area (Å²) in [4.78, 5) is 18.9. The zero-order valence-electron chi connectivity index (χ0n) is 8.71. The molecule has 0 bridgehead atoms. The van der Waals surface area contributed by atoms with Gasteiger partial charge < -0.3 is 5.11 Å². The molecule has 0 radical (unpaired) electrons. The van der Waals surface area contributed by atoms with Crippen molar-refractivity contribution < 1.29 is 9.90 Å². The van der Waals surface area contributed by atoms with E-state index in [1.54, 1.807) is 32.4 Å². The number of nitrogens with zero attached hydrogens (tertiary/aromatic N) is 2. The van der Waals surface area contributed by atoms with Crippen molar-refractivity contribution in [1.82, 2.24) is 9.97 Å². The third-order valence-corrected chi connectivity index (χ3v) is 2.65. The second-order valence-corrected chi connectivity index (χ2v) is 4.66. The second kappa shape index (κ2) is 4.61. The predicted octanol–water partition coefficient (Wildman–Crippen LogP) is 1.95. The molecule has 0 saturated carbocycles. The normalized spacial score (nSPS) is 13.5. The molecule has 0 spiro atoms. The Bertz CT molecular complexity index is 341. The maximum Gasteiger partial charge on any atom is 0.309 e. The molecule has 0 aliphatic heterocycles. The van der Waals surface area contributed by atoms with Crippen LogP contribution in [0.3, 0.4) is 0 Å². The Morgan fingerprint density at radius 3 is 2.73 bits per heavy atom. The lowest BCUT2D eigenvalue weighted by Gasteiger charge is -2.22. The predicted molar refractivity (Wildman–Crippen MR) is 59.8 cm³/mol. The SMILES string of the molecule is CC(C)(CC(S)c1cnccn1)C(=O)O. The van der Waals surface area contributed by atoms with Gasteiger partial charge in [0, 0.05) is 23.8 Å². The molecule has 0 amide bonds. The van der Waals surface area contributed by atoms with E-state index in [4.69, 9.17) is 5.11 Å². The lowest BCUT2D eigenvalue weighted by Crippen LogP contribution is -2.25. The van der Waals surface area contributed by atoms with E-state index in [-0.39, 0.29) is 5.25 Å². The Labute approximate surface area is 94.2 Å². The van der Waals surface area contributed by atoms with E-state index in [1.165, 1.54) is 0 Å². The summed E-state index contributed by atoms with van der Waals surface area (Å²) < 4.78 is 0. The van der Waals surface area contributed by atoms with Crippen molar-refractivity contribution in [3.05, 3.63) is 24.3 Å². The number of rotatable bonds is 4. The average Bonchev–Trinajstić information content (AvgIpc) is 2.18. The molecule has 1 rings (SSSR count). The van der Waals surface area contributed by atoms with Gasteiger partial charge in [0.05, 0.1) is 11.1 Å². The van der Waals surface area contributed by atoms with Gasteiger partial charge in [-0.1, -0.05) is 0 Å². The number of carboxylic acids is 1. The summed E-state index contributed by atoms with van der Waals surface area (Å²) in [6.07, 6.45) is 5.18. The molecule has 1 aromatic rings.